The number of amides is 1. The van der Waals surface area contributed by atoms with Crippen LogP contribution in [0.15, 0.2) is 23.9 Å². The molecule has 2 atom stereocenters. The number of carbonyl (C=O) groups excluding carboxylic acids is 1. The molecule has 4 heteroatoms. The van der Waals surface area contributed by atoms with Crippen LogP contribution in [-0.2, 0) is 9.53 Å². The van der Waals surface area contributed by atoms with E-state index in [0.29, 0.717) is 13.2 Å². The van der Waals surface area contributed by atoms with Crippen LogP contribution in [0.1, 0.15) is 13.3 Å². The molecule has 0 aromatic rings. The third-order valence-electron chi connectivity index (χ3n) is 2.77. The quantitative estimate of drug-likeness (QED) is 0.679. The molecule has 2 aliphatic rings. The lowest BCUT2D eigenvalue weighted by atomic mass is 10.1. The highest BCUT2D eigenvalue weighted by molar-refractivity contribution is 5.84. The minimum Gasteiger partial charge on any atom is -0.370 e. The van der Waals surface area contributed by atoms with E-state index in [4.69, 9.17) is 10.5 Å². The standard InChI is InChI=1S/C11H16N2O2/c1-2-13-9-5-3-4-6-10(9)15-7-8(12)11(13)14/h3-5,8,10H,2,6-7,12H2,1H3/t8-,10?/m0/s1. The van der Waals surface area contributed by atoms with Crippen molar-refractivity contribution in [2.45, 2.75) is 25.5 Å². The number of nitrogens with two attached hydrogens (primary N) is 1. The van der Waals surface area contributed by atoms with Gasteiger partial charge in [-0.25, -0.2) is 0 Å². The summed E-state index contributed by atoms with van der Waals surface area (Å²) in [7, 11) is 0. The molecule has 4 nitrogen and oxygen atoms in total. The number of likely N-dealkylation sites (N-methyl/N-ethyl adjacent to an activating group) is 1. The van der Waals surface area contributed by atoms with Crippen molar-refractivity contribution >= 4 is 5.91 Å². The van der Waals surface area contributed by atoms with Gasteiger partial charge in [-0.15, -0.1) is 0 Å². The fourth-order valence-corrected chi connectivity index (χ4v) is 1.97. The fraction of sp³-hybridized carbons (Fsp3) is 0.545. The van der Waals surface area contributed by atoms with Gasteiger partial charge in [-0.2, -0.15) is 0 Å². The van der Waals surface area contributed by atoms with Gasteiger partial charge in [0.1, 0.15) is 12.1 Å². The first-order valence-electron chi connectivity index (χ1n) is 5.29. The summed E-state index contributed by atoms with van der Waals surface area (Å²) in [4.78, 5) is 13.6. The maximum Gasteiger partial charge on any atom is 0.246 e. The van der Waals surface area contributed by atoms with Crippen LogP contribution in [0.5, 0.6) is 0 Å². The molecule has 1 amide bonds. The Morgan fingerprint density at radius 3 is 3.20 bits per heavy atom. The molecule has 1 unspecified atom stereocenters. The third-order valence-corrected chi connectivity index (χ3v) is 2.77. The van der Waals surface area contributed by atoms with Gasteiger partial charge in [0.05, 0.1) is 6.61 Å². The van der Waals surface area contributed by atoms with Gasteiger partial charge < -0.3 is 15.4 Å². The van der Waals surface area contributed by atoms with Crippen LogP contribution in [-0.4, -0.2) is 36.1 Å². The Labute approximate surface area is 89.4 Å². The molecule has 15 heavy (non-hydrogen) atoms. The average molecular weight is 208 g/mol. The maximum atomic E-state index is 11.9. The highest BCUT2D eigenvalue weighted by atomic mass is 16.5. The lowest BCUT2D eigenvalue weighted by Gasteiger charge is -2.27. The van der Waals surface area contributed by atoms with E-state index in [-0.39, 0.29) is 12.0 Å². The normalized spacial score (nSPS) is 30.9. The molecule has 0 spiro atoms. The van der Waals surface area contributed by atoms with Gasteiger partial charge in [-0.05, 0) is 19.4 Å². The number of hydrogen-bond acceptors (Lipinski definition) is 3. The first kappa shape index (κ1) is 10.4. The summed E-state index contributed by atoms with van der Waals surface area (Å²) in [6, 6.07) is -0.531. The number of allylic oxidation sites excluding steroid dienone is 2. The zero-order chi connectivity index (χ0) is 10.8. The van der Waals surface area contributed by atoms with E-state index in [1.807, 2.05) is 25.2 Å². The Hall–Kier alpha value is -1.13. The van der Waals surface area contributed by atoms with Gasteiger partial charge in [0, 0.05) is 12.2 Å². The number of ether oxygens (including phenoxy) is 1. The van der Waals surface area contributed by atoms with Crippen LogP contribution < -0.4 is 5.73 Å². The van der Waals surface area contributed by atoms with Crippen molar-refractivity contribution in [3.8, 4) is 0 Å². The molecule has 1 saturated heterocycles. The predicted molar refractivity (Wildman–Crippen MR) is 56.9 cm³/mol. The van der Waals surface area contributed by atoms with Crippen LogP contribution in [0.25, 0.3) is 0 Å². The molecule has 2 N–H and O–H groups in total. The topological polar surface area (TPSA) is 55.6 Å². The van der Waals surface area contributed by atoms with Gasteiger partial charge in [0.2, 0.25) is 5.91 Å². The van der Waals surface area contributed by atoms with E-state index in [9.17, 15) is 4.79 Å². The van der Waals surface area contributed by atoms with Gasteiger partial charge in [0.25, 0.3) is 0 Å². The minimum absolute atomic E-state index is 0.00699. The number of fused-ring (bicyclic) bond motifs is 1. The zero-order valence-corrected chi connectivity index (χ0v) is 8.85. The molecule has 82 valence electrons. The van der Waals surface area contributed by atoms with Crippen LogP contribution in [0.3, 0.4) is 0 Å². The third kappa shape index (κ3) is 1.82. The molecule has 1 fully saturated rings. The summed E-state index contributed by atoms with van der Waals surface area (Å²) in [6.45, 7) is 2.91. The van der Waals surface area contributed by atoms with E-state index >= 15 is 0 Å². The summed E-state index contributed by atoms with van der Waals surface area (Å²) in [5.74, 6) is -0.0402. The average Bonchev–Trinajstić information content (AvgIpc) is 2.38. The maximum absolute atomic E-state index is 11.9. The largest absolute Gasteiger partial charge is 0.370 e. The highest BCUT2D eigenvalue weighted by Gasteiger charge is 2.32. The summed E-state index contributed by atoms with van der Waals surface area (Å²) in [6.07, 6.45) is 6.76. The summed E-state index contributed by atoms with van der Waals surface area (Å²) >= 11 is 0. The van der Waals surface area contributed by atoms with Crippen molar-refractivity contribution in [3.63, 3.8) is 0 Å². The molecule has 0 saturated carbocycles. The smallest absolute Gasteiger partial charge is 0.246 e. The Morgan fingerprint density at radius 1 is 1.67 bits per heavy atom. The molecule has 1 aliphatic carbocycles. The zero-order valence-electron chi connectivity index (χ0n) is 8.85. The molecular formula is C11H16N2O2. The number of rotatable bonds is 1. The van der Waals surface area contributed by atoms with Crippen LogP contribution in [0.2, 0.25) is 0 Å². The molecule has 0 radical (unpaired) electrons. The Bertz CT molecular complexity index is 323. The number of hydrogen-bond donors (Lipinski definition) is 1. The van der Waals surface area contributed by atoms with E-state index < -0.39 is 6.04 Å². The van der Waals surface area contributed by atoms with Crippen LogP contribution >= 0.6 is 0 Å². The minimum atomic E-state index is -0.531. The van der Waals surface area contributed by atoms with Gasteiger partial charge in [-0.3, -0.25) is 4.79 Å². The van der Waals surface area contributed by atoms with E-state index in [0.717, 1.165) is 12.1 Å². The van der Waals surface area contributed by atoms with Crippen LogP contribution in [0.4, 0.5) is 0 Å². The van der Waals surface area contributed by atoms with Crippen molar-refractivity contribution in [3.05, 3.63) is 23.9 Å². The first-order valence-corrected chi connectivity index (χ1v) is 5.29. The van der Waals surface area contributed by atoms with Gasteiger partial charge in [-0.1, -0.05) is 12.2 Å². The summed E-state index contributed by atoms with van der Waals surface area (Å²) < 4.78 is 5.61. The predicted octanol–water partition coefficient (Wildman–Crippen LogP) is 0.405. The van der Waals surface area contributed by atoms with Crippen molar-refractivity contribution in [2.24, 2.45) is 5.73 Å². The summed E-state index contributed by atoms with van der Waals surface area (Å²) in [5.41, 5.74) is 6.68. The molecule has 0 bridgehead atoms. The lowest BCUT2D eigenvalue weighted by Crippen LogP contribution is -2.43. The van der Waals surface area contributed by atoms with Crippen molar-refractivity contribution in [2.75, 3.05) is 13.2 Å². The van der Waals surface area contributed by atoms with E-state index in [1.54, 1.807) is 4.90 Å². The van der Waals surface area contributed by atoms with E-state index in [1.165, 1.54) is 0 Å². The molecule has 1 aliphatic heterocycles. The van der Waals surface area contributed by atoms with Crippen LogP contribution in [0, 0.1) is 0 Å². The highest BCUT2D eigenvalue weighted by Crippen LogP contribution is 2.23. The molecule has 0 aromatic carbocycles. The molecule has 2 rings (SSSR count). The Balaban J connectivity index is 2.31. The molecule has 0 aromatic heterocycles. The van der Waals surface area contributed by atoms with Crippen molar-refractivity contribution < 1.29 is 9.53 Å². The summed E-state index contributed by atoms with van der Waals surface area (Å²) in [5, 5.41) is 0. The second kappa shape index (κ2) is 4.16. The van der Waals surface area contributed by atoms with Gasteiger partial charge >= 0.3 is 0 Å². The number of carbonyl (C=O) groups is 1. The SMILES string of the molecule is CCN1C(=O)[C@@H](N)COC2CC=CC=C21. The number of nitrogens with zero attached hydrogens (tertiary/aromatic N) is 1. The molecular weight excluding hydrogens is 192 g/mol. The van der Waals surface area contributed by atoms with E-state index in [2.05, 4.69) is 0 Å². The van der Waals surface area contributed by atoms with Gasteiger partial charge in [0.15, 0.2) is 0 Å². The molecule has 1 heterocycles. The monoisotopic (exact) mass is 208 g/mol. The first-order chi connectivity index (χ1) is 7.24. The Kier molecular flexibility index (Phi) is 2.88. The van der Waals surface area contributed by atoms with Crippen molar-refractivity contribution in [1.82, 2.24) is 4.90 Å². The fourth-order valence-electron chi connectivity index (χ4n) is 1.97. The second-order valence-electron chi connectivity index (χ2n) is 3.77. The van der Waals surface area contributed by atoms with Crippen molar-refractivity contribution in [1.29, 1.82) is 0 Å². The Morgan fingerprint density at radius 2 is 2.47 bits per heavy atom. The second-order valence-corrected chi connectivity index (χ2v) is 3.77. The lowest BCUT2D eigenvalue weighted by molar-refractivity contribution is -0.130.